The molecule has 1 N–H and O–H groups in total. The van der Waals surface area contributed by atoms with Crippen LogP contribution in [0.4, 0.5) is 0 Å². The molecule has 0 aromatic carbocycles. The molecule has 0 aliphatic rings. The highest BCUT2D eigenvalue weighted by Crippen LogP contribution is 2.18. The van der Waals surface area contributed by atoms with Crippen molar-refractivity contribution in [2.24, 2.45) is 0 Å². The average Bonchev–Trinajstić information content (AvgIpc) is 2.82. The molecule has 3 rings (SSSR count). The van der Waals surface area contributed by atoms with E-state index in [2.05, 4.69) is 15.0 Å². The van der Waals surface area contributed by atoms with Crippen LogP contribution in [0.5, 0.6) is 0 Å². The van der Waals surface area contributed by atoms with Crippen LogP contribution in [0.1, 0.15) is 11.1 Å². The number of nitrogens with zero attached hydrogens (tertiary/aromatic N) is 2. The van der Waals surface area contributed by atoms with E-state index in [0.717, 1.165) is 22.2 Å². The van der Waals surface area contributed by atoms with Crippen molar-refractivity contribution >= 4 is 34.8 Å². The molecule has 0 atom stereocenters. The number of H-pyrrole nitrogens is 1. The van der Waals surface area contributed by atoms with Crippen LogP contribution in [0, 0.1) is 0 Å². The van der Waals surface area contributed by atoms with Crippen LogP contribution < -0.4 is 0 Å². The predicted octanol–water partition coefficient (Wildman–Crippen LogP) is 3.78. The van der Waals surface area contributed by atoms with Crippen molar-refractivity contribution in [3.8, 4) is 0 Å². The highest BCUT2D eigenvalue weighted by molar-refractivity contribution is 6.29. The Bertz CT molecular complexity index is 698. The fraction of sp³-hybridized carbons (Fsp3) is 0. The van der Waals surface area contributed by atoms with E-state index in [1.54, 1.807) is 18.5 Å². The number of aromatic amines is 1. The first-order chi connectivity index (χ1) is 8.83. The normalized spacial score (nSPS) is 11.4. The SMILES string of the molecule is Clc1ccc(/C=C/c2c[nH]c3ncccc23)cn1. The summed E-state index contributed by atoms with van der Waals surface area (Å²) in [5.41, 5.74) is 3.01. The zero-order valence-corrected chi connectivity index (χ0v) is 10.2. The Morgan fingerprint density at radius 3 is 2.89 bits per heavy atom. The number of fused-ring (bicyclic) bond motifs is 1. The summed E-state index contributed by atoms with van der Waals surface area (Å²) in [5, 5.41) is 1.61. The molecule has 3 heterocycles. The summed E-state index contributed by atoms with van der Waals surface area (Å²) in [6.45, 7) is 0. The average molecular weight is 256 g/mol. The van der Waals surface area contributed by atoms with E-state index in [-0.39, 0.29) is 0 Å². The first kappa shape index (κ1) is 11.0. The standard InChI is InChI=1S/C14H10ClN3/c15-13-6-4-10(8-17-13)3-5-11-9-18-14-12(11)2-1-7-16-14/h1-9H,(H,16,18)/b5-3+. The van der Waals surface area contributed by atoms with Crippen LogP contribution in [0.2, 0.25) is 5.15 Å². The van der Waals surface area contributed by atoms with E-state index in [1.165, 1.54) is 0 Å². The topological polar surface area (TPSA) is 41.6 Å². The minimum absolute atomic E-state index is 0.503. The molecule has 3 aromatic heterocycles. The Balaban J connectivity index is 1.94. The van der Waals surface area contributed by atoms with E-state index in [4.69, 9.17) is 11.6 Å². The van der Waals surface area contributed by atoms with Crippen LogP contribution in [0.25, 0.3) is 23.2 Å². The number of nitrogens with one attached hydrogen (secondary N) is 1. The fourth-order valence-electron chi connectivity index (χ4n) is 1.79. The molecule has 0 aliphatic carbocycles. The second-order valence-electron chi connectivity index (χ2n) is 3.89. The minimum Gasteiger partial charge on any atom is -0.346 e. The molecule has 0 saturated carbocycles. The number of hydrogen-bond acceptors (Lipinski definition) is 2. The second-order valence-corrected chi connectivity index (χ2v) is 4.28. The first-order valence-corrected chi connectivity index (χ1v) is 5.92. The lowest BCUT2D eigenvalue weighted by molar-refractivity contribution is 1.32. The minimum atomic E-state index is 0.503. The van der Waals surface area contributed by atoms with Crippen LogP contribution in [-0.4, -0.2) is 15.0 Å². The summed E-state index contributed by atoms with van der Waals surface area (Å²) in [6.07, 6.45) is 9.49. The van der Waals surface area contributed by atoms with Crippen molar-refractivity contribution < 1.29 is 0 Å². The molecule has 0 spiro atoms. The maximum atomic E-state index is 5.74. The third kappa shape index (κ3) is 2.13. The number of hydrogen-bond donors (Lipinski definition) is 1. The van der Waals surface area contributed by atoms with Gasteiger partial charge in [0, 0.05) is 29.5 Å². The third-order valence-corrected chi connectivity index (χ3v) is 2.91. The van der Waals surface area contributed by atoms with Crippen LogP contribution in [0.15, 0.2) is 42.9 Å². The van der Waals surface area contributed by atoms with Crippen LogP contribution in [0.3, 0.4) is 0 Å². The molecular formula is C14H10ClN3. The Morgan fingerprint density at radius 1 is 1.11 bits per heavy atom. The second kappa shape index (κ2) is 4.63. The van der Waals surface area contributed by atoms with Gasteiger partial charge < -0.3 is 4.98 Å². The largest absolute Gasteiger partial charge is 0.346 e. The molecule has 88 valence electrons. The zero-order chi connectivity index (χ0) is 12.4. The van der Waals surface area contributed by atoms with Crippen molar-refractivity contribution in [2.45, 2.75) is 0 Å². The molecule has 4 heteroatoms. The molecule has 0 amide bonds. The Kier molecular flexibility index (Phi) is 2.82. The van der Waals surface area contributed by atoms with Gasteiger partial charge in [-0.1, -0.05) is 29.8 Å². The van der Waals surface area contributed by atoms with Gasteiger partial charge in [-0.25, -0.2) is 9.97 Å². The maximum absolute atomic E-state index is 5.74. The highest BCUT2D eigenvalue weighted by atomic mass is 35.5. The lowest BCUT2D eigenvalue weighted by Crippen LogP contribution is -1.76. The monoisotopic (exact) mass is 255 g/mol. The zero-order valence-electron chi connectivity index (χ0n) is 9.47. The van der Waals surface area contributed by atoms with Gasteiger partial charge in [-0.05, 0) is 23.8 Å². The van der Waals surface area contributed by atoms with Crippen molar-refractivity contribution in [1.29, 1.82) is 0 Å². The Morgan fingerprint density at radius 2 is 2.06 bits per heavy atom. The summed E-state index contributed by atoms with van der Waals surface area (Å²) in [4.78, 5) is 11.4. The first-order valence-electron chi connectivity index (χ1n) is 5.55. The van der Waals surface area contributed by atoms with Gasteiger partial charge in [-0.2, -0.15) is 0 Å². The number of halogens is 1. The van der Waals surface area contributed by atoms with Crippen molar-refractivity contribution in [3.63, 3.8) is 0 Å². The highest BCUT2D eigenvalue weighted by Gasteiger charge is 1.99. The molecule has 3 aromatic rings. The predicted molar refractivity (Wildman–Crippen MR) is 74.3 cm³/mol. The number of aromatic nitrogens is 3. The van der Waals surface area contributed by atoms with Crippen molar-refractivity contribution in [2.75, 3.05) is 0 Å². The van der Waals surface area contributed by atoms with Gasteiger partial charge in [0.1, 0.15) is 10.8 Å². The van der Waals surface area contributed by atoms with Gasteiger partial charge in [0.2, 0.25) is 0 Å². The van der Waals surface area contributed by atoms with Gasteiger partial charge in [0.05, 0.1) is 0 Å². The fourth-order valence-corrected chi connectivity index (χ4v) is 1.90. The summed E-state index contributed by atoms with van der Waals surface area (Å²) < 4.78 is 0. The number of rotatable bonds is 2. The van der Waals surface area contributed by atoms with Gasteiger partial charge in [-0.15, -0.1) is 0 Å². The van der Waals surface area contributed by atoms with Gasteiger partial charge in [0.25, 0.3) is 0 Å². The van der Waals surface area contributed by atoms with E-state index < -0.39 is 0 Å². The van der Waals surface area contributed by atoms with Crippen molar-refractivity contribution in [1.82, 2.24) is 15.0 Å². The molecule has 3 nitrogen and oxygen atoms in total. The quantitative estimate of drug-likeness (QED) is 0.708. The molecule has 0 saturated heterocycles. The molecule has 0 aliphatic heterocycles. The van der Waals surface area contributed by atoms with Gasteiger partial charge >= 0.3 is 0 Å². The third-order valence-electron chi connectivity index (χ3n) is 2.69. The van der Waals surface area contributed by atoms with Crippen molar-refractivity contribution in [3.05, 3.63) is 59.1 Å². The van der Waals surface area contributed by atoms with E-state index in [1.807, 2.05) is 36.5 Å². The lowest BCUT2D eigenvalue weighted by Gasteiger charge is -1.93. The van der Waals surface area contributed by atoms with Gasteiger partial charge in [0.15, 0.2) is 0 Å². The summed E-state index contributed by atoms with van der Waals surface area (Å²) in [5.74, 6) is 0. The van der Waals surface area contributed by atoms with E-state index in [0.29, 0.717) is 5.15 Å². The molecular weight excluding hydrogens is 246 g/mol. The molecule has 0 bridgehead atoms. The Labute approximate surface area is 109 Å². The molecule has 0 unspecified atom stereocenters. The molecule has 0 radical (unpaired) electrons. The Hall–Kier alpha value is -2.13. The van der Waals surface area contributed by atoms with Crippen LogP contribution >= 0.6 is 11.6 Å². The van der Waals surface area contributed by atoms with E-state index >= 15 is 0 Å². The maximum Gasteiger partial charge on any atom is 0.137 e. The lowest BCUT2D eigenvalue weighted by atomic mass is 10.2. The molecule has 18 heavy (non-hydrogen) atoms. The smallest absolute Gasteiger partial charge is 0.137 e. The van der Waals surface area contributed by atoms with Gasteiger partial charge in [-0.3, -0.25) is 0 Å². The van der Waals surface area contributed by atoms with E-state index in [9.17, 15) is 0 Å². The summed E-state index contributed by atoms with van der Waals surface area (Å²) >= 11 is 5.74. The summed E-state index contributed by atoms with van der Waals surface area (Å²) in [7, 11) is 0. The summed E-state index contributed by atoms with van der Waals surface area (Å²) in [6, 6.07) is 7.67. The molecule has 0 fully saturated rings. The van der Waals surface area contributed by atoms with Crippen LogP contribution in [-0.2, 0) is 0 Å². The number of pyridine rings is 2.